The minimum atomic E-state index is -0.0277. The quantitative estimate of drug-likeness (QED) is 0.660. The number of nitrogens with two attached hydrogens (primary N) is 1. The highest BCUT2D eigenvalue weighted by Crippen LogP contribution is 2.07. The van der Waals surface area contributed by atoms with Gasteiger partial charge in [0.1, 0.15) is 6.61 Å². The molecule has 6 nitrogen and oxygen atoms in total. The molecule has 0 aromatic carbocycles. The fraction of sp³-hybridized carbons (Fsp3) is 0.833. The van der Waals surface area contributed by atoms with Crippen LogP contribution in [0.25, 0.3) is 0 Å². The smallest absolute Gasteiger partial charge is 0.248 e. The van der Waals surface area contributed by atoms with Gasteiger partial charge in [-0.25, -0.2) is 0 Å². The summed E-state index contributed by atoms with van der Waals surface area (Å²) in [5.74, 6) is 0.140. The number of amides is 2. The van der Waals surface area contributed by atoms with Crippen molar-refractivity contribution in [1.29, 1.82) is 0 Å². The molecule has 104 valence electrons. The molecule has 0 spiro atoms. The third-order valence-electron chi connectivity index (χ3n) is 2.93. The van der Waals surface area contributed by atoms with Crippen molar-refractivity contribution < 1.29 is 14.3 Å². The molecular formula is C12H23N3O3. The van der Waals surface area contributed by atoms with Crippen LogP contribution in [0.2, 0.25) is 0 Å². The predicted octanol–water partition coefficient (Wildman–Crippen LogP) is -0.711. The van der Waals surface area contributed by atoms with Gasteiger partial charge < -0.3 is 20.3 Å². The second kappa shape index (κ2) is 7.33. The Bertz CT molecular complexity index is 286. The zero-order valence-corrected chi connectivity index (χ0v) is 11.2. The molecule has 1 heterocycles. The fourth-order valence-corrected chi connectivity index (χ4v) is 1.88. The third-order valence-corrected chi connectivity index (χ3v) is 2.93. The van der Waals surface area contributed by atoms with Gasteiger partial charge in [0.2, 0.25) is 11.8 Å². The van der Waals surface area contributed by atoms with Crippen LogP contribution in [0.15, 0.2) is 0 Å². The Hall–Kier alpha value is -1.14. The van der Waals surface area contributed by atoms with Crippen LogP contribution >= 0.6 is 0 Å². The van der Waals surface area contributed by atoms with E-state index in [0.717, 1.165) is 0 Å². The van der Waals surface area contributed by atoms with Gasteiger partial charge in [0.25, 0.3) is 0 Å². The zero-order valence-electron chi connectivity index (χ0n) is 11.2. The van der Waals surface area contributed by atoms with E-state index in [1.807, 2.05) is 18.7 Å². The Labute approximate surface area is 108 Å². The number of carbonyl (C=O) groups is 2. The van der Waals surface area contributed by atoms with Gasteiger partial charge in [-0.1, -0.05) is 13.8 Å². The van der Waals surface area contributed by atoms with E-state index in [2.05, 4.69) is 0 Å². The molecule has 2 N–H and O–H groups in total. The number of rotatable bonds is 5. The second-order valence-corrected chi connectivity index (χ2v) is 4.70. The zero-order chi connectivity index (χ0) is 13.5. The van der Waals surface area contributed by atoms with E-state index >= 15 is 0 Å². The van der Waals surface area contributed by atoms with E-state index in [9.17, 15) is 9.59 Å². The van der Waals surface area contributed by atoms with Crippen molar-refractivity contribution in [2.45, 2.75) is 13.8 Å². The van der Waals surface area contributed by atoms with Crippen LogP contribution in [0.3, 0.4) is 0 Å². The number of ether oxygens (including phenoxy) is 1. The van der Waals surface area contributed by atoms with E-state index < -0.39 is 0 Å². The van der Waals surface area contributed by atoms with Crippen molar-refractivity contribution in [1.82, 2.24) is 9.80 Å². The molecule has 2 amide bonds. The molecule has 1 saturated heterocycles. The average Bonchev–Trinajstić information content (AvgIpc) is 2.38. The Morgan fingerprint density at radius 2 is 1.72 bits per heavy atom. The maximum absolute atomic E-state index is 11.8. The fourth-order valence-electron chi connectivity index (χ4n) is 1.88. The first-order valence-electron chi connectivity index (χ1n) is 6.40. The maximum atomic E-state index is 11.8. The SMILES string of the molecule is CC(C)C(=O)N1CCN(C(=O)COCCN)CC1. The molecule has 0 saturated carbocycles. The monoisotopic (exact) mass is 257 g/mol. The van der Waals surface area contributed by atoms with Gasteiger partial charge in [-0.2, -0.15) is 0 Å². The number of piperazine rings is 1. The van der Waals surface area contributed by atoms with Gasteiger partial charge in [0, 0.05) is 38.6 Å². The Balaban J connectivity index is 2.30. The molecule has 0 aromatic rings. The lowest BCUT2D eigenvalue weighted by atomic mass is 10.1. The molecule has 1 fully saturated rings. The molecule has 0 bridgehead atoms. The van der Waals surface area contributed by atoms with E-state index in [-0.39, 0.29) is 24.3 Å². The van der Waals surface area contributed by atoms with Crippen LogP contribution in [0, 0.1) is 5.92 Å². The third kappa shape index (κ3) is 4.27. The molecule has 0 radical (unpaired) electrons. The number of nitrogens with zero attached hydrogens (tertiary/aromatic N) is 2. The number of carbonyl (C=O) groups excluding carboxylic acids is 2. The van der Waals surface area contributed by atoms with Gasteiger partial charge in [0.05, 0.1) is 6.61 Å². The van der Waals surface area contributed by atoms with Crippen molar-refractivity contribution in [3.63, 3.8) is 0 Å². The van der Waals surface area contributed by atoms with Crippen LogP contribution in [0.1, 0.15) is 13.8 Å². The molecule has 18 heavy (non-hydrogen) atoms. The molecular weight excluding hydrogens is 234 g/mol. The van der Waals surface area contributed by atoms with Crippen molar-refractivity contribution in [3.8, 4) is 0 Å². The molecule has 1 rings (SSSR count). The highest BCUT2D eigenvalue weighted by Gasteiger charge is 2.25. The highest BCUT2D eigenvalue weighted by molar-refractivity contribution is 5.80. The topological polar surface area (TPSA) is 75.9 Å². The van der Waals surface area contributed by atoms with Crippen molar-refractivity contribution in [2.75, 3.05) is 45.9 Å². The highest BCUT2D eigenvalue weighted by atomic mass is 16.5. The van der Waals surface area contributed by atoms with Crippen molar-refractivity contribution >= 4 is 11.8 Å². The average molecular weight is 257 g/mol. The van der Waals surface area contributed by atoms with Crippen LogP contribution in [-0.4, -0.2) is 67.6 Å². The van der Waals surface area contributed by atoms with Crippen molar-refractivity contribution in [2.24, 2.45) is 11.7 Å². The van der Waals surface area contributed by atoms with Gasteiger partial charge in [-0.3, -0.25) is 9.59 Å². The summed E-state index contributed by atoms with van der Waals surface area (Å²) >= 11 is 0. The normalized spacial score (nSPS) is 16.2. The summed E-state index contributed by atoms with van der Waals surface area (Å²) in [6, 6.07) is 0. The number of hydrogen-bond acceptors (Lipinski definition) is 4. The van der Waals surface area contributed by atoms with E-state index in [0.29, 0.717) is 39.3 Å². The van der Waals surface area contributed by atoms with Crippen LogP contribution < -0.4 is 5.73 Å². The summed E-state index contributed by atoms with van der Waals surface area (Å²) in [5.41, 5.74) is 5.28. The van der Waals surface area contributed by atoms with Crippen LogP contribution in [0.5, 0.6) is 0 Å². The van der Waals surface area contributed by atoms with Crippen LogP contribution in [-0.2, 0) is 14.3 Å². The number of hydrogen-bond donors (Lipinski definition) is 1. The first-order chi connectivity index (χ1) is 8.56. The minimum Gasteiger partial charge on any atom is -0.370 e. The Morgan fingerprint density at radius 1 is 1.17 bits per heavy atom. The van der Waals surface area contributed by atoms with Crippen molar-refractivity contribution in [3.05, 3.63) is 0 Å². The summed E-state index contributed by atoms with van der Waals surface area (Å²) in [6.45, 7) is 7.07. The second-order valence-electron chi connectivity index (χ2n) is 4.70. The lowest BCUT2D eigenvalue weighted by molar-refractivity contribution is -0.143. The summed E-state index contributed by atoms with van der Waals surface area (Å²) < 4.78 is 5.11. The van der Waals surface area contributed by atoms with Gasteiger partial charge >= 0.3 is 0 Å². The lowest BCUT2D eigenvalue weighted by Gasteiger charge is -2.35. The molecule has 1 aliphatic rings. The molecule has 0 aliphatic carbocycles. The van der Waals surface area contributed by atoms with Crippen LogP contribution in [0.4, 0.5) is 0 Å². The van der Waals surface area contributed by atoms with E-state index in [4.69, 9.17) is 10.5 Å². The van der Waals surface area contributed by atoms with Gasteiger partial charge in [0.15, 0.2) is 0 Å². The first kappa shape index (κ1) is 14.9. The summed E-state index contributed by atoms with van der Waals surface area (Å²) in [7, 11) is 0. The Morgan fingerprint density at radius 3 is 2.22 bits per heavy atom. The van der Waals surface area contributed by atoms with Gasteiger partial charge in [-0.05, 0) is 0 Å². The summed E-state index contributed by atoms with van der Waals surface area (Å²) in [5, 5.41) is 0. The summed E-state index contributed by atoms with van der Waals surface area (Å²) in [6.07, 6.45) is 0. The Kier molecular flexibility index (Phi) is 6.07. The predicted molar refractivity (Wildman–Crippen MR) is 67.9 cm³/mol. The minimum absolute atomic E-state index is 0.0140. The summed E-state index contributed by atoms with van der Waals surface area (Å²) in [4.78, 5) is 27.1. The molecule has 1 aliphatic heterocycles. The maximum Gasteiger partial charge on any atom is 0.248 e. The lowest BCUT2D eigenvalue weighted by Crippen LogP contribution is -2.52. The standard InChI is InChI=1S/C12H23N3O3/c1-10(2)12(17)15-6-4-14(5-7-15)11(16)9-18-8-3-13/h10H,3-9,13H2,1-2H3. The molecule has 0 aromatic heterocycles. The van der Waals surface area contributed by atoms with E-state index in [1.165, 1.54) is 0 Å². The van der Waals surface area contributed by atoms with E-state index in [1.54, 1.807) is 4.90 Å². The molecule has 6 heteroatoms. The first-order valence-corrected chi connectivity index (χ1v) is 6.40. The largest absolute Gasteiger partial charge is 0.370 e. The van der Waals surface area contributed by atoms with Gasteiger partial charge in [-0.15, -0.1) is 0 Å². The molecule has 0 atom stereocenters. The molecule has 0 unspecified atom stereocenters.